The highest BCUT2D eigenvalue weighted by Gasteiger charge is 2.17. The number of alkyl halides is 1. The summed E-state index contributed by atoms with van der Waals surface area (Å²) in [5, 5.41) is 0. The van der Waals surface area contributed by atoms with Crippen LogP contribution in [-0.4, -0.2) is 6.67 Å². The van der Waals surface area contributed by atoms with Crippen LogP contribution in [-0.2, 0) is 6.42 Å². The van der Waals surface area contributed by atoms with Gasteiger partial charge in [-0.1, -0.05) is 41.9 Å². The predicted octanol–water partition coefficient (Wildman–Crippen LogP) is 4.38. The third-order valence-corrected chi connectivity index (χ3v) is 2.90. The Kier molecular flexibility index (Phi) is 4.11. The first-order valence-electron chi connectivity index (χ1n) is 4.84. The van der Waals surface area contributed by atoms with Gasteiger partial charge >= 0.3 is 0 Å². The molecule has 0 spiro atoms. The molecule has 0 unspecified atom stereocenters. The van der Waals surface area contributed by atoms with E-state index in [1.165, 1.54) is 5.56 Å². The van der Waals surface area contributed by atoms with Gasteiger partial charge in [0.15, 0.2) is 0 Å². The first-order valence-corrected chi connectivity index (χ1v) is 5.63. The van der Waals surface area contributed by atoms with Crippen molar-refractivity contribution in [2.75, 3.05) is 6.67 Å². The van der Waals surface area contributed by atoms with Crippen LogP contribution in [0.4, 0.5) is 4.39 Å². The molecule has 78 valence electrons. The maximum atomic E-state index is 12.2. The van der Waals surface area contributed by atoms with Crippen molar-refractivity contribution in [2.45, 2.75) is 26.7 Å². The van der Waals surface area contributed by atoms with Gasteiger partial charge in [-0.15, -0.1) is 0 Å². The zero-order valence-corrected chi connectivity index (χ0v) is 10.3. The Morgan fingerprint density at radius 1 is 1.21 bits per heavy atom. The fourth-order valence-electron chi connectivity index (χ4n) is 1.50. The van der Waals surface area contributed by atoms with Gasteiger partial charge in [-0.05, 0) is 36.0 Å². The van der Waals surface area contributed by atoms with E-state index in [1.54, 1.807) is 0 Å². The summed E-state index contributed by atoms with van der Waals surface area (Å²) in [6, 6.07) is 8.23. The molecule has 0 heterocycles. The topological polar surface area (TPSA) is 0 Å². The first kappa shape index (κ1) is 11.7. The molecule has 2 heteroatoms. The Hall–Kier alpha value is -0.370. The highest BCUT2D eigenvalue weighted by molar-refractivity contribution is 9.10. The summed E-state index contributed by atoms with van der Waals surface area (Å²) < 4.78 is 13.3. The highest BCUT2D eigenvalue weighted by atomic mass is 79.9. The van der Waals surface area contributed by atoms with Gasteiger partial charge in [0.2, 0.25) is 0 Å². The summed E-state index contributed by atoms with van der Waals surface area (Å²) in [5.41, 5.74) is 1.33. The maximum Gasteiger partial charge on any atom is 0.0899 e. The molecular formula is C12H16BrF. The van der Waals surface area contributed by atoms with E-state index in [4.69, 9.17) is 0 Å². The van der Waals surface area contributed by atoms with Crippen molar-refractivity contribution in [1.29, 1.82) is 0 Å². The van der Waals surface area contributed by atoms with Gasteiger partial charge < -0.3 is 0 Å². The molecule has 0 saturated carbocycles. The van der Waals surface area contributed by atoms with Gasteiger partial charge in [0.25, 0.3) is 0 Å². The summed E-state index contributed by atoms with van der Waals surface area (Å²) in [6.07, 6.45) is 1.56. The van der Waals surface area contributed by atoms with Crippen molar-refractivity contribution in [1.82, 2.24) is 0 Å². The van der Waals surface area contributed by atoms with E-state index in [0.717, 1.165) is 10.9 Å². The predicted molar refractivity (Wildman–Crippen MR) is 62.2 cm³/mol. The minimum atomic E-state index is -0.233. The van der Waals surface area contributed by atoms with E-state index < -0.39 is 0 Å². The minimum Gasteiger partial charge on any atom is -0.251 e. The van der Waals surface area contributed by atoms with E-state index in [0.29, 0.717) is 6.42 Å². The third kappa shape index (κ3) is 3.79. The monoisotopic (exact) mass is 258 g/mol. The Labute approximate surface area is 93.7 Å². The lowest BCUT2D eigenvalue weighted by Crippen LogP contribution is -2.15. The Morgan fingerprint density at radius 2 is 1.79 bits per heavy atom. The molecule has 0 aliphatic carbocycles. The molecule has 0 fully saturated rings. The molecule has 0 saturated heterocycles. The van der Waals surface area contributed by atoms with Crippen LogP contribution in [0.15, 0.2) is 28.7 Å². The average Bonchev–Trinajstić information content (AvgIpc) is 2.08. The standard InChI is InChI=1S/C12H16BrF/c1-12(2,7-8-14)9-10-3-5-11(13)6-4-10/h3-6H,7-9H2,1-2H3. The number of halogens is 2. The summed E-state index contributed by atoms with van der Waals surface area (Å²) in [4.78, 5) is 0. The molecule has 0 atom stereocenters. The molecule has 0 radical (unpaired) electrons. The largest absolute Gasteiger partial charge is 0.251 e. The van der Waals surface area contributed by atoms with E-state index in [-0.39, 0.29) is 12.1 Å². The van der Waals surface area contributed by atoms with Gasteiger partial charge in [-0.25, -0.2) is 0 Å². The number of benzene rings is 1. The third-order valence-electron chi connectivity index (χ3n) is 2.37. The molecule has 0 bridgehead atoms. The zero-order chi connectivity index (χ0) is 10.6. The zero-order valence-electron chi connectivity index (χ0n) is 8.69. The second kappa shape index (κ2) is 4.92. The lowest BCUT2D eigenvalue weighted by atomic mass is 9.83. The smallest absolute Gasteiger partial charge is 0.0899 e. The lowest BCUT2D eigenvalue weighted by Gasteiger charge is -2.23. The molecule has 14 heavy (non-hydrogen) atoms. The molecule has 1 aromatic carbocycles. The summed E-state index contributed by atoms with van der Waals surface area (Å²) in [5.74, 6) is 0. The minimum absolute atomic E-state index is 0.0581. The fraction of sp³-hybridized carbons (Fsp3) is 0.500. The Morgan fingerprint density at radius 3 is 2.29 bits per heavy atom. The molecule has 0 aromatic heterocycles. The van der Waals surface area contributed by atoms with Crippen molar-refractivity contribution in [3.8, 4) is 0 Å². The second-order valence-corrected chi connectivity index (χ2v) is 5.32. The molecular weight excluding hydrogens is 243 g/mol. The van der Waals surface area contributed by atoms with E-state index in [2.05, 4.69) is 41.9 Å². The average molecular weight is 259 g/mol. The molecule has 0 aliphatic heterocycles. The van der Waals surface area contributed by atoms with Crippen molar-refractivity contribution in [3.05, 3.63) is 34.3 Å². The van der Waals surface area contributed by atoms with Crippen LogP contribution in [0.5, 0.6) is 0 Å². The lowest BCUT2D eigenvalue weighted by molar-refractivity contribution is 0.286. The van der Waals surface area contributed by atoms with Gasteiger partial charge in [-0.3, -0.25) is 4.39 Å². The quantitative estimate of drug-likeness (QED) is 0.752. The van der Waals surface area contributed by atoms with E-state index in [9.17, 15) is 4.39 Å². The Balaban J connectivity index is 2.64. The van der Waals surface area contributed by atoms with Crippen LogP contribution in [0.3, 0.4) is 0 Å². The highest BCUT2D eigenvalue weighted by Crippen LogP contribution is 2.26. The number of hydrogen-bond acceptors (Lipinski definition) is 0. The molecule has 0 aliphatic rings. The van der Waals surface area contributed by atoms with Gasteiger partial charge in [-0.2, -0.15) is 0 Å². The summed E-state index contributed by atoms with van der Waals surface area (Å²) in [7, 11) is 0. The van der Waals surface area contributed by atoms with Crippen LogP contribution < -0.4 is 0 Å². The first-order chi connectivity index (χ1) is 6.53. The summed E-state index contributed by atoms with van der Waals surface area (Å²) in [6.45, 7) is 3.98. The van der Waals surface area contributed by atoms with Crippen molar-refractivity contribution in [2.24, 2.45) is 5.41 Å². The normalized spacial score (nSPS) is 11.7. The molecule has 0 amide bonds. The van der Waals surface area contributed by atoms with Crippen LogP contribution in [0.1, 0.15) is 25.8 Å². The molecule has 1 rings (SSSR count). The second-order valence-electron chi connectivity index (χ2n) is 4.41. The van der Waals surface area contributed by atoms with Crippen LogP contribution in [0.25, 0.3) is 0 Å². The van der Waals surface area contributed by atoms with Crippen LogP contribution in [0.2, 0.25) is 0 Å². The van der Waals surface area contributed by atoms with Crippen LogP contribution in [0, 0.1) is 5.41 Å². The van der Waals surface area contributed by atoms with Crippen molar-refractivity contribution >= 4 is 15.9 Å². The molecule has 1 aromatic rings. The van der Waals surface area contributed by atoms with Crippen LogP contribution >= 0.6 is 15.9 Å². The van der Waals surface area contributed by atoms with Gasteiger partial charge in [0, 0.05) is 4.47 Å². The molecule has 0 N–H and O–H groups in total. The molecule has 0 nitrogen and oxygen atoms in total. The van der Waals surface area contributed by atoms with E-state index in [1.807, 2.05) is 12.1 Å². The SMILES string of the molecule is CC(C)(CCF)Cc1ccc(Br)cc1. The number of rotatable bonds is 4. The van der Waals surface area contributed by atoms with E-state index >= 15 is 0 Å². The summed E-state index contributed by atoms with van der Waals surface area (Å²) >= 11 is 3.40. The van der Waals surface area contributed by atoms with Crippen molar-refractivity contribution < 1.29 is 4.39 Å². The Bertz CT molecular complexity index is 277. The number of hydrogen-bond donors (Lipinski definition) is 0. The van der Waals surface area contributed by atoms with Crippen molar-refractivity contribution in [3.63, 3.8) is 0 Å². The van der Waals surface area contributed by atoms with Gasteiger partial charge in [0.1, 0.15) is 0 Å². The maximum absolute atomic E-state index is 12.2. The van der Waals surface area contributed by atoms with Gasteiger partial charge in [0.05, 0.1) is 6.67 Å². The fourth-order valence-corrected chi connectivity index (χ4v) is 1.76.